The lowest BCUT2D eigenvalue weighted by Crippen LogP contribution is -2.45. The van der Waals surface area contributed by atoms with E-state index in [9.17, 15) is 19.1 Å². The van der Waals surface area contributed by atoms with E-state index in [-0.39, 0.29) is 15.4 Å². The van der Waals surface area contributed by atoms with Gasteiger partial charge in [-0.15, -0.1) is 11.8 Å². The van der Waals surface area contributed by atoms with E-state index in [1.807, 2.05) is 6.92 Å². The number of carboxylic acid groups (broad SMARTS) is 1. The molecule has 2 atom stereocenters. The van der Waals surface area contributed by atoms with Gasteiger partial charge >= 0.3 is 5.97 Å². The average Bonchev–Trinajstić information content (AvgIpc) is 2.85. The number of benzene rings is 1. The summed E-state index contributed by atoms with van der Waals surface area (Å²) in [5.74, 6) is -1.65. The van der Waals surface area contributed by atoms with Crippen molar-refractivity contribution in [1.29, 1.82) is 0 Å². The van der Waals surface area contributed by atoms with Crippen LogP contribution in [0, 0.1) is 5.82 Å². The molecule has 0 bridgehead atoms. The van der Waals surface area contributed by atoms with Gasteiger partial charge in [-0.2, -0.15) is 0 Å². The van der Waals surface area contributed by atoms with Gasteiger partial charge in [-0.1, -0.05) is 6.92 Å². The van der Waals surface area contributed by atoms with Gasteiger partial charge in [0.05, 0.1) is 9.85 Å². The Morgan fingerprint density at radius 1 is 1.55 bits per heavy atom. The molecule has 1 heterocycles. The van der Waals surface area contributed by atoms with Crippen LogP contribution in [-0.2, 0) is 4.79 Å². The fourth-order valence-corrected chi connectivity index (χ4v) is 3.71. The van der Waals surface area contributed by atoms with Gasteiger partial charge in [0.25, 0.3) is 5.91 Å². The van der Waals surface area contributed by atoms with Crippen molar-refractivity contribution in [3.63, 3.8) is 0 Å². The maximum absolute atomic E-state index is 13.5. The second kappa shape index (κ2) is 6.13. The van der Waals surface area contributed by atoms with E-state index in [4.69, 9.17) is 0 Å². The van der Waals surface area contributed by atoms with Gasteiger partial charge in [-0.3, -0.25) is 4.79 Å². The quantitative estimate of drug-likeness (QED) is 0.898. The van der Waals surface area contributed by atoms with Gasteiger partial charge in [-0.05, 0) is 40.5 Å². The van der Waals surface area contributed by atoms with Crippen molar-refractivity contribution in [3.8, 4) is 0 Å². The highest BCUT2D eigenvalue weighted by molar-refractivity contribution is 9.10. The summed E-state index contributed by atoms with van der Waals surface area (Å²) in [5.41, 5.74) is 0.165. The molecule has 1 saturated heterocycles. The summed E-state index contributed by atoms with van der Waals surface area (Å²) in [7, 11) is 0. The first-order valence-electron chi connectivity index (χ1n) is 6.07. The van der Waals surface area contributed by atoms with Crippen LogP contribution in [-0.4, -0.2) is 39.1 Å². The predicted octanol–water partition coefficient (Wildman–Crippen LogP) is 2.97. The number of nitrogens with zero attached hydrogens (tertiary/aromatic N) is 1. The van der Waals surface area contributed by atoms with E-state index in [1.165, 1.54) is 28.8 Å². The Bertz CT molecular complexity index is 554. The van der Waals surface area contributed by atoms with Gasteiger partial charge in [0, 0.05) is 11.3 Å². The highest BCUT2D eigenvalue weighted by Gasteiger charge is 2.41. The average molecular weight is 362 g/mol. The zero-order valence-corrected chi connectivity index (χ0v) is 13.1. The highest BCUT2D eigenvalue weighted by atomic mass is 79.9. The highest BCUT2D eigenvalue weighted by Crippen LogP contribution is 2.33. The molecule has 108 valence electrons. The number of carbonyl (C=O) groups excluding carboxylic acids is 1. The molecule has 0 radical (unpaired) electrons. The molecule has 2 unspecified atom stereocenters. The number of thioether (sulfide) groups is 1. The summed E-state index contributed by atoms with van der Waals surface area (Å²) in [5, 5.41) is 9.02. The molecule has 1 fully saturated rings. The van der Waals surface area contributed by atoms with E-state index in [0.717, 1.165) is 6.07 Å². The minimum absolute atomic E-state index is 0.165. The van der Waals surface area contributed by atoms with Crippen molar-refractivity contribution < 1.29 is 19.1 Å². The summed E-state index contributed by atoms with van der Waals surface area (Å²) < 4.78 is 13.8. The van der Waals surface area contributed by atoms with Crippen LogP contribution in [0.2, 0.25) is 0 Å². The number of amides is 1. The van der Waals surface area contributed by atoms with Crippen molar-refractivity contribution in [3.05, 3.63) is 34.1 Å². The van der Waals surface area contributed by atoms with Gasteiger partial charge in [0.15, 0.2) is 0 Å². The van der Waals surface area contributed by atoms with Crippen LogP contribution in [0.1, 0.15) is 23.7 Å². The number of carbonyl (C=O) groups is 2. The van der Waals surface area contributed by atoms with E-state index >= 15 is 0 Å². The largest absolute Gasteiger partial charge is 0.480 e. The smallest absolute Gasteiger partial charge is 0.327 e. The molecule has 0 aromatic heterocycles. The number of carboxylic acids is 1. The third-order valence-corrected chi connectivity index (χ3v) is 5.22. The molecule has 20 heavy (non-hydrogen) atoms. The fourth-order valence-electron chi connectivity index (χ4n) is 2.12. The fraction of sp³-hybridized carbons (Fsp3) is 0.385. The number of hydrogen-bond acceptors (Lipinski definition) is 3. The van der Waals surface area contributed by atoms with Crippen LogP contribution < -0.4 is 0 Å². The first-order chi connectivity index (χ1) is 9.45. The first kappa shape index (κ1) is 15.3. The van der Waals surface area contributed by atoms with Crippen molar-refractivity contribution in [2.24, 2.45) is 0 Å². The van der Waals surface area contributed by atoms with E-state index in [0.29, 0.717) is 12.2 Å². The summed E-state index contributed by atoms with van der Waals surface area (Å²) >= 11 is 4.46. The predicted molar refractivity (Wildman–Crippen MR) is 78.2 cm³/mol. The Balaban J connectivity index is 2.33. The number of halogens is 2. The van der Waals surface area contributed by atoms with Crippen LogP contribution in [0.15, 0.2) is 22.7 Å². The lowest BCUT2D eigenvalue weighted by atomic mass is 10.1. The molecule has 2 rings (SSSR count). The Hall–Kier alpha value is -1.08. The number of hydrogen-bond donors (Lipinski definition) is 1. The van der Waals surface area contributed by atoms with Crippen LogP contribution in [0.4, 0.5) is 4.39 Å². The zero-order chi connectivity index (χ0) is 14.9. The molecule has 1 aromatic rings. The molecule has 0 aliphatic carbocycles. The van der Waals surface area contributed by atoms with Crippen molar-refractivity contribution in [1.82, 2.24) is 4.90 Å². The van der Waals surface area contributed by atoms with Crippen molar-refractivity contribution >= 4 is 39.6 Å². The maximum Gasteiger partial charge on any atom is 0.327 e. The third kappa shape index (κ3) is 2.83. The topological polar surface area (TPSA) is 57.6 Å². The molecule has 4 nitrogen and oxygen atoms in total. The molecule has 1 aliphatic rings. The van der Waals surface area contributed by atoms with Crippen LogP contribution in [0.25, 0.3) is 0 Å². The van der Waals surface area contributed by atoms with Crippen LogP contribution in [0.5, 0.6) is 0 Å². The van der Waals surface area contributed by atoms with Gasteiger partial charge in [0.1, 0.15) is 11.9 Å². The third-order valence-electron chi connectivity index (χ3n) is 3.13. The monoisotopic (exact) mass is 361 g/mol. The molecule has 1 N–H and O–H groups in total. The zero-order valence-electron chi connectivity index (χ0n) is 10.7. The van der Waals surface area contributed by atoms with Gasteiger partial charge in [0.2, 0.25) is 0 Å². The SMILES string of the molecule is CCC1SCC(C(=O)O)N1C(=O)c1ccc(Br)c(F)c1. The normalized spacial score (nSPS) is 22.1. The Morgan fingerprint density at radius 3 is 2.80 bits per heavy atom. The summed E-state index contributed by atoms with van der Waals surface area (Å²) in [6.07, 6.45) is 0.652. The lowest BCUT2D eigenvalue weighted by Gasteiger charge is -2.26. The molecule has 7 heteroatoms. The summed E-state index contributed by atoms with van der Waals surface area (Å²) in [4.78, 5) is 25.0. The van der Waals surface area contributed by atoms with Crippen LogP contribution >= 0.6 is 27.7 Å². The molecule has 0 saturated carbocycles. The molecular weight excluding hydrogens is 349 g/mol. The van der Waals surface area contributed by atoms with E-state index < -0.39 is 23.7 Å². The molecule has 1 aliphatic heterocycles. The first-order valence-corrected chi connectivity index (χ1v) is 7.92. The molecule has 1 aromatic carbocycles. The molecular formula is C13H13BrFNO3S. The summed E-state index contributed by atoms with van der Waals surface area (Å²) in [6.45, 7) is 1.89. The Morgan fingerprint density at radius 2 is 2.25 bits per heavy atom. The summed E-state index contributed by atoms with van der Waals surface area (Å²) in [6, 6.07) is 3.21. The second-order valence-electron chi connectivity index (χ2n) is 4.39. The second-order valence-corrected chi connectivity index (χ2v) is 6.46. The minimum Gasteiger partial charge on any atom is -0.480 e. The van der Waals surface area contributed by atoms with E-state index in [1.54, 1.807) is 0 Å². The number of aliphatic carboxylic acids is 1. The Kier molecular flexibility index (Phi) is 4.70. The van der Waals surface area contributed by atoms with Crippen molar-refractivity contribution in [2.75, 3.05) is 5.75 Å². The van der Waals surface area contributed by atoms with Gasteiger partial charge in [-0.25, -0.2) is 9.18 Å². The molecule has 0 spiro atoms. The minimum atomic E-state index is -1.03. The van der Waals surface area contributed by atoms with E-state index in [2.05, 4.69) is 15.9 Å². The number of rotatable bonds is 3. The Labute approximate surface area is 128 Å². The maximum atomic E-state index is 13.5. The van der Waals surface area contributed by atoms with Crippen molar-refractivity contribution in [2.45, 2.75) is 24.8 Å². The standard InChI is InChI=1S/C13H13BrFNO3S/c1-2-11-16(10(6-20-11)13(18)19)12(17)7-3-4-8(14)9(15)5-7/h3-5,10-11H,2,6H2,1H3,(H,18,19). The van der Waals surface area contributed by atoms with Crippen LogP contribution in [0.3, 0.4) is 0 Å². The lowest BCUT2D eigenvalue weighted by molar-refractivity contribution is -0.141. The van der Waals surface area contributed by atoms with Gasteiger partial charge < -0.3 is 10.0 Å². The molecule has 1 amide bonds.